The SMILES string of the molecule is CCOC(=O)c1cnc(=O)[nH]c1NCc1ccc(OC)c(Cl)c1. The summed E-state index contributed by atoms with van der Waals surface area (Å²) >= 11 is 6.06. The maximum absolute atomic E-state index is 11.9. The number of halogens is 1. The zero-order valence-corrected chi connectivity index (χ0v) is 13.4. The van der Waals surface area contributed by atoms with E-state index in [1.165, 1.54) is 13.3 Å². The number of H-pyrrole nitrogens is 1. The van der Waals surface area contributed by atoms with Crippen LogP contribution >= 0.6 is 11.6 Å². The molecule has 0 fully saturated rings. The number of aromatic amines is 1. The largest absolute Gasteiger partial charge is 0.495 e. The Morgan fingerprint density at radius 3 is 2.87 bits per heavy atom. The first-order valence-electron chi connectivity index (χ1n) is 6.88. The minimum Gasteiger partial charge on any atom is -0.495 e. The summed E-state index contributed by atoms with van der Waals surface area (Å²) in [6, 6.07) is 5.29. The predicted molar refractivity (Wildman–Crippen MR) is 86.1 cm³/mol. The van der Waals surface area contributed by atoms with Crippen molar-refractivity contribution in [2.24, 2.45) is 0 Å². The molecule has 2 N–H and O–H groups in total. The van der Waals surface area contributed by atoms with Crippen LogP contribution in [0.1, 0.15) is 22.8 Å². The lowest BCUT2D eigenvalue weighted by Gasteiger charge is -2.11. The molecule has 122 valence electrons. The molecule has 0 aliphatic carbocycles. The highest BCUT2D eigenvalue weighted by Gasteiger charge is 2.14. The third-order valence-electron chi connectivity index (χ3n) is 2.99. The molecule has 2 rings (SSSR count). The molecule has 2 aromatic rings. The Morgan fingerprint density at radius 1 is 1.43 bits per heavy atom. The minimum absolute atomic E-state index is 0.158. The number of ether oxygens (including phenoxy) is 2. The number of benzene rings is 1. The number of nitrogens with one attached hydrogen (secondary N) is 2. The molecule has 0 spiro atoms. The van der Waals surface area contributed by atoms with E-state index in [4.69, 9.17) is 21.1 Å². The monoisotopic (exact) mass is 337 g/mol. The highest BCUT2D eigenvalue weighted by atomic mass is 35.5. The van der Waals surface area contributed by atoms with Gasteiger partial charge >= 0.3 is 11.7 Å². The summed E-state index contributed by atoms with van der Waals surface area (Å²) in [5.74, 6) is 0.252. The lowest BCUT2D eigenvalue weighted by atomic mass is 10.2. The fraction of sp³-hybridized carbons (Fsp3) is 0.267. The van der Waals surface area contributed by atoms with Gasteiger partial charge in [-0.3, -0.25) is 4.98 Å². The number of esters is 1. The van der Waals surface area contributed by atoms with Gasteiger partial charge in [-0.05, 0) is 24.6 Å². The number of carbonyl (C=O) groups excluding carboxylic acids is 1. The molecule has 0 aliphatic heterocycles. The summed E-state index contributed by atoms with van der Waals surface area (Å²) < 4.78 is 10.0. The standard InChI is InChI=1S/C15H16ClN3O4/c1-3-23-14(20)10-8-18-15(21)19-13(10)17-7-9-4-5-12(22-2)11(16)6-9/h4-6,8H,3,7H2,1-2H3,(H2,17,18,19,21). The summed E-state index contributed by atoms with van der Waals surface area (Å²) in [4.78, 5) is 29.3. The van der Waals surface area contributed by atoms with E-state index in [1.54, 1.807) is 19.1 Å². The van der Waals surface area contributed by atoms with Gasteiger partial charge in [-0.1, -0.05) is 17.7 Å². The number of nitrogens with zero attached hydrogens (tertiary/aromatic N) is 1. The van der Waals surface area contributed by atoms with Gasteiger partial charge in [-0.25, -0.2) is 14.6 Å². The average Bonchev–Trinajstić information content (AvgIpc) is 2.53. The van der Waals surface area contributed by atoms with Crippen LogP contribution in [0, 0.1) is 0 Å². The first-order valence-corrected chi connectivity index (χ1v) is 7.25. The zero-order chi connectivity index (χ0) is 16.8. The highest BCUT2D eigenvalue weighted by Crippen LogP contribution is 2.25. The molecule has 0 aliphatic rings. The molecule has 1 aromatic heterocycles. The van der Waals surface area contributed by atoms with Gasteiger partial charge in [-0.15, -0.1) is 0 Å². The number of carbonyl (C=O) groups is 1. The molecule has 8 heteroatoms. The van der Waals surface area contributed by atoms with Gasteiger partial charge in [-0.2, -0.15) is 0 Å². The van der Waals surface area contributed by atoms with Crippen LogP contribution in [-0.2, 0) is 11.3 Å². The Hall–Kier alpha value is -2.54. The van der Waals surface area contributed by atoms with E-state index in [0.717, 1.165) is 5.56 Å². The number of anilines is 1. The van der Waals surface area contributed by atoms with Crippen LogP contribution in [0.2, 0.25) is 5.02 Å². The topological polar surface area (TPSA) is 93.3 Å². The molecule has 0 unspecified atom stereocenters. The zero-order valence-electron chi connectivity index (χ0n) is 12.7. The van der Waals surface area contributed by atoms with E-state index in [0.29, 0.717) is 17.3 Å². The van der Waals surface area contributed by atoms with E-state index >= 15 is 0 Å². The van der Waals surface area contributed by atoms with Gasteiger partial charge in [0.1, 0.15) is 17.1 Å². The van der Waals surface area contributed by atoms with E-state index in [2.05, 4.69) is 15.3 Å². The second-order valence-corrected chi connectivity index (χ2v) is 4.93. The first kappa shape index (κ1) is 16.8. The maximum Gasteiger partial charge on any atom is 0.346 e. The second-order valence-electron chi connectivity index (χ2n) is 4.52. The predicted octanol–water partition coefficient (Wildman–Crippen LogP) is 2.22. The highest BCUT2D eigenvalue weighted by molar-refractivity contribution is 6.32. The number of hydrogen-bond donors (Lipinski definition) is 2. The minimum atomic E-state index is -0.563. The van der Waals surface area contributed by atoms with Crippen molar-refractivity contribution >= 4 is 23.4 Å². The second kappa shape index (κ2) is 7.64. The fourth-order valence-electron chi connectivity index (χ4n) is 1.91. The lowest BCUT2D eigenvalue weighted by Crippen LogP contribution is -2.19. The third kappa shape index (κ3) is 4.23. The molecular weight excluding hydrogens is 322 g/mol. The molecule has 0 saturated heterocycles. The quantitative estimate of drug-likeness (QED) is 0.785. The van der Waals surface area contributed by atoms with E-state index < -0.39 is 11.7 Å². The molecule has 0 atom stereocenters. The number of aromatic nitrogens is 2. The van der Waals surface area contributed by atoms with Crippen molar-refractivity contribution in [3.8, 4) is 5.75 Å². The molecule has 1 aromatic carbocycles. The summed E-state index contributed by atoms with van der Waals surface area (Å²) in [5.41, 5.74) is 0.447. The van der Waals surface area contributed by atoms with Crippen molar-refractivity contribution < 1.29 is 14.3 Å². The van der Waals surface area contributed by atoms with Crippen molar-refractivity contribution in [3.63, 3.8) is 0 Å². The average molecular weight is 338 g/mol. The molecule has 7 nitrogen and oxygen atoms in total. The molecule has 0 bridgehead atoms. The van der Waals surface area contributed by atoms with Crippen LogP contribution < -0.4 is 15.7 Å². The van der Waals surface area contributed by atoms with E-state index in [9.17, 15) is 9.59 Å². The van der Waals surface area contributed by atoms with Gasteiger partial charge in [0.25, 0.3) is 0 Å². The molecule has 23 heavy (non-hydrogen) atoms. The van der Waals surface area contributed by atoms with Gasteiger partial charge in [0.15, 0.2) is 0 Å². The normalized spacial score (nSPS) is 10.2. The molecule has 0 radical (unpaired) electrons. The van der Waals surface area contributed by atoms with E-state index in [1.807, 2.05) is 6.07 Å². The Kier molecular flexibility index (Phi) is 5.59. The van der Waals surface area contributed by atoms with Crippen molar-refractivity contribution in [1.82, 2.24) is 9.97 Å². The van der Waals surface area contributed by atoms with Crippen molar-refractivity contribution in [1.29, 1.82) is 0 Å². The number of methoxy groups -OCH3 is 1. The van der Waals surface area contributed by atoms with Gasteiger partial charge < -0.3 is 14.8 Å². The maximum atomic E-state index is 11.9. The third-order valence-corrected chi connectivity index (χ3v) is 3.29. The van der Waals surface area contributed by atoms with Crippen LogP contribution in [0.25, 0.3) is 0 Å². The molecule has 0 saturated carbocycles. The van der Waals surface area contributed by atoms with Crippen molar-refractivity contribution in [2.75, 3.05) is 19.0 Å². The molecule has 1 heterocycles. The summed E-state index contributed by atoms with van der Waals surface area (Å²) in [6.07, 6.45) is 1.18. The van der Waals surface area contributed by atoms with E-state index in [-0.39, 0.29) is 18.0 Å². The van der Waals surface area contributed by atoms with Crippen LogP contribution in [0.4, 0.5) is 5.82 Å². The summed E-state index contributed by atoms with van der Waals surface area (Å²) in [6.45, 7) is 2.27. The van der Waals surface area contributed by atoms with Crippen LogP contribution in [-0.4, -0.2) is 29.7 Å². The molecular formula is C15H16ClN3O4. The lowest BCUT2D eigenvalue weighted by molar-refractivity contribution is 0.0526. The van der Waals surface area contributed by atoms with Gasteiger partial charge in [0.05, 0.1) is 24.9 Å². The van der Waals surface area contributed by atoms with Crippen molar-refractivity contribution in [2.45, 2.75) is 13.5 Å². The van der Waals surface area contributed by atoms with Crippen molar-refractivity contribution in [3.05, 3.63) is 51.0 Å². The Labute approximate surface area is 137 Å². The van der Waals surface area contributed by atoms with Gasteiger partial charge in [0, 0.05) is 6.54 Å². The number of rotatable bonds is 6. The first-order chi connectivity index (χ1) is 11.0. The smallest absolute Gasteiger partial charge is 0.346 e. The van der Waals surface area contributed by atoms with Crippen LogP contribution in [0.15, 0.2) is 29.2 Å². The van der Waals surface area contributed by atoms with Crippen LogP contribution in [0.3, 0.4) is 0 Å². The Balaban J connectivity index is 2.19. The van der Waals surface area contributed by atoms with Crippen LogP contribution in [0.5, 0.6) is 5.75 Å². The summed E-state index contributed by atoms with van der Waals surface area (Å²) in [5, 5.41) is 3.45. The Morgan fingerprint density at radius 2 is 2.22 bits per heavy atom. The Bertz CT molecular complexity index is 761. The summed E-state index contributed by atoms with van der Waals surface area (Å²) in [7, 11) is 1.53. The van der Waals surface area contributed by atoms with Gasteiger partial charge in [0.2, 0.25) is 0 Å². The molecule has 0 amide bonds. The fourth-order valence-corrected chi connectivity index (χ4v) is 2.19. The number of hydrogen-bond acceptors (Lipinski definition) is 6.